The predicted molar refractivity (Wildman–Crippen MR) is 67.9 cm³/mol. The maximum atomic E-state index is 10.9. The van der Waals surface area contributed by atoms with Crippen LogP contribution in [-0.4, -0.2) is 17.3 Å². The lowest BCUT2D eigenvalue weighted by Gasteiger charge is -2.20. The molecule has 0 saturated carbocycles. The van der Waals surface area contributed by atoms with Crippen LogP contribution >= 0.6 is 11.6 Å². The lowest BCUT2D eigenvalue weighted by molar-refractivity contribution is 0.230. The number of carbonyl (C=O) groups is 1. The van der Waals surface area contributed by atoms with Crippen molar-refractivity contribution >= 4 is 17.0 Å². The van der Waals surface area contributed by atoms with Crippen molar-refractivity contribution in [2.75, 3.05) is 7.05 Å². The van der Waals surface area contributed by atoms with Gasteiger partial charge in [-0.1, -0.05) is 45.0 Å². The molecule has 0 unspecified atom stereocenters. The Morgan fingerprint density at radius 3 is 2.12 bits per heavy atom. The Morgan fingerprint density at radius 1 is 1.25 bits per heavy atom. The van der Waals surface area contributed by atoms with Crippen LogP contribution in [0.15, 0.2) is 24.3 Å². The first-order chi connectivity index (χ1) is 7.30. The molecule has 0 aliphatic carbocycles. The highest BCUT2D eigenvalue weighted by molar-refractivity contribution is 6.62. The number of halogens is 1. The molecule has 1 amide bonds. The molecule has 0 N–H and O–H groups in total. The third-order valence-electron chi connectivity index (χ3n) is 2.54. The van der Waals surface area contributed by atoms with Gasteiger partial charge in [0.2, 0.25) is 0 Å². The van der Waals surface area contributed by atoms with Gasteiger partial charge in [-0.25, -0.2) is 0 Å². The summed E-state index contributed by atoms with van der Waals surface area (Å²) in [5, 5.41) is -0.431. The first kappa shape index (κ1) is 13.0. The number of amides is 1. The van der Waals surface area contributed by atoms with E-state index in [1.807, 2.05) is 12.1 Å². The molecule has 88 valence electrons. The second-order valence-electron chi connectivity index (χ2n) is 5.06. The number of nitrogens with zero attached hydrogens (tertiary/aromatic N) is 1. The van der Waals surface area contributed by atoms with Gasteiger partial charge in [0, 0.05) is 13.6 Å². The number of hydrogen-bond acceptors (Lipinski definition) is 1. The molecule has 1 aromatic rings. The second-order valence-corrected chi connectivity index (χ2v) is 5.38. The standard InChI is InChI=1S/C13H18ClNO/c1-13(2,3)11-7-5-10(6-8-11)9-15(4)12(14)16/h5-8H,9H2,1-4H3. The minimum Gasteiger partial charge on any atom is -0.328 e. The number of rotatable bonds is 2. The summed E-state index contributed by atoms with van der Waals surface area (Å²) in [7, 11) is 1.69. The maximum absolute atomic E-state index is 10.9. The summed E-state index contributed by atoms with van der Waals surface area (Å²) in [6, 6.07) is 8.28. The fraction of sp³-hybridized carbons (Fsp3) is 0.462. The summed E-state index contributed by atoms with van der Waals surface area (Å²) >= 11 is 5.37. The summed E-state index contributed by atoms with van der Waals surface area (Å²) < 4.78 is 0. The van der Waals surface area contributed by atoms with Crippen molar-refractivity contribution in [1.82, 2.24) is 4.90 Å². The highest BCUT2D eigenvalue weighted by Crippen LogP contribution is 2.22. The van der Waals surface area contributed by atoms with Crippen LogP contribution in [0.1, 0.15) is 31.9 Å². The van der Waals surface area contributed by atoms with E-state index in [1.54, 1.807) is 7.05 Å². The number of carbonyl (C=O) groups excluding carboxylic acids is 1. The van der Waals surface area contributed by atoms with E-state index in [-0.39, 0.29) is 5.41 Å². The Hall–Kier alpha value is -1.02. The third kappa shape index (κ3) is 3.53. The van der Waals surface area contributed by atoms with E-state index in [2.05, 4.69) is 32.9 Å². The molecular formula is C13H18ClNO. The van der Waals surface area contributed by atoms with Crippen molar-refractivity contribution in [3.05, 3.63) is 35.4 Å². The molecule has 0 fully saturated rings. The monoisotopic (exact) mass is 239 g/mol. The first-order valence-corrected chi connectivity index (χ1v) is 5.68. The van der Waals surface area contributed by atoms with Crippen LogP contribution in [0.4, 0.5) is 4.79 Å². The molecular weight excluding hydrogens is 222 g/mol. The van der Waals surface area contributed by atoms with Crippen LogP contribution in [0.2, 0.25) is 0 Å². The van der Waals surface area contributed by atoms with Crippen molar-refractivity contribution in [2.45, 2.75) is 32.7 Å². The summed E-state index contributed by atoms with van der Waals surface area (Å²) in [6.45, 7) is 7.08. The zero-order valence-corrected chi connectivity index (χ0v) is 11.0. The molecule has 1 rings (SSSR count). The van der Waals surface area contributed by atoms with Gasteiger partial charge in [-0.15, -0.1) is 0 Å². The van der Waals surface area contributed by atoms with E-state index in [0.29, 0.717) is 6.54 Å². The molecule has 0 aliphatic heterocycles. The minimum absolute atomic E-state index is 0.159. The van der Waals surface area contributed by atoms with Gasteiger partial charge in [-0.3, -0.25) is 4.79 Å². The van der Waals surface area contributed by atoms with Gasteiger partial charge < -0.3 is 4.90 Å². The van der Waals surface area contributed by atoms with Crippen LogP contribution < -0.4 is 0 Å². The predicted octanol–water partition coefficient (Wildman–Crippen LogP) is 3.77. The van der Waals surface area contributed by atoms with E-state index in [0.717, 1.165) is 5.56 Å². The van der Waals surface area contributed by atoms with Crippen LogP contribution in [-0.2, 0) is 12.0 Å². The first-order valence-electron chi connectivity index (χ1n) is 5.31. The molecule has 3 heteroatoms. The molecule has 1 aromatic carbocycles. The zero-order valence-electron chi connectivity index (χ0n) is 10.2. The van der Waals surface area contributed by atoms with Gasteiger partial charge in [0.05, 0.1) is 0 Å². The number of hydrogen-bond donors (Lipinski definition) is 0. The van der Waals surface area contributed by atoms with Crippen LogP contribution in [0.25, 0.3) is 0 Å². The second kappa shape index (κ2) is 4.88. The van der Waals surface area contributed by atoms with Crippen molar-refractivity contribution in [3.63, 3.8) is 0 Å². The molecule has 2 nitrogen and oxygen atoms in total. The van der Waals surface area contributed by atoms with E-state index in [1.165, 1.54) is 10.5 Å². The van der Waals surface area contributed by atoms with Crippen molar-refractivity contribution in [1.29, 1.82) is 0 Å². The topological polar surface area (TPSA) is 20.3 Å². The summed E-state index contributed by atoms with van der Waals surface area (Å²) in [5.74, 6) is 0. The molecule has 0 spiro atoms. The molecule has 0 radical (unpaired) electrons. The van der Waals surface area contributed by atoms with E-state index in [4.69, 9.17) is 11.6 Å². The molecule has 0 heterocycles. The van der Waals surface area contributed by atoms with E-state index in [9.17, 15) is 4.79 Å². The zero-order chi connectivity index (χ0) is 12.3. The summed E-state index contributed by atoms with van der Waals surface area (Å²) in [6.07, 6.45) is 0. The SMILES string of the molecule is CN(Cc1ccc(C(C)(C)C)cc1)C(=O)Cl. The maximum Gasteiger partial charge on any atom is 0.316 e. The van der Waals surface area contributed by atoms with Crippen molar-refractivity contribution in [2.24, 2.45) is 0 Å². The summed E-state index contributed by atoms with van der Waals surface area (Å²) in [5.41, 5.74) is 2.54. The van der Waals surface area contributed by atoms with Gasteiger partial charge >= 0.3 is 5.37 Å². The lowest BCUT2D eigenvalue weighted by atomic mass is 9.87. The normalized spacial score (nSPS) is 11.3. The Labute approximate surface area is 102 Å². The average molecular weight is 240 g/mol. The Balaban J connectivity index is 2.76. The Kier molecular flexibility index (Phi) is 3.98. The van der Waals surface area contributed by atoms with Crippen molar-refractivity contribution in [3.8, 4) is 0 Å². The quantitative estimate of drug-likeness (QED) is 0.568. The fourth-order valence-electron chi connectivity index (χ4n) is 1.45. The van der Waals surface area contributed by atoms with Gasteiger partial charge in [-0.05, 0) is 28.1 Å². The molecule has 16 heavy (non-hydrogen) atoms. The Bertz CT molecular complexity index is 365. The van der Waals surface area contributed by atoms with Gasteiger partial charge in [0.15, 0.2) is 0 Å². The average Bonchev–Trinajstić information content (AvgIpc) is 2.17. The third-order valence-corrected chi connectivity index (χ3v) is 2.83. The molecule has 0 bridgehead atoms. The molecule has 0 aliphatic rings. The van der Waals surface area contributed by atoms with Gasteiger partial charge in [-0.2, -0.15) is 0 Å². The minimum atomic E-state index is -0.431. The molecule has 0 atom stereocenters. The van der Waals surface area contributed by atoms with Crippen LogP contribution in [0.5, 0.6) is 0 Å². The van der Waals surface area contributed by atoms with Crippen LogP contribution in [0.3, 0.4) is 0 Å². The lowest BCUT2D eigenvalue weighted by Crippen LogP contribution is -2.20. The fourth-order valence-corrected chi connectivity index (χ4v) is 1.51. The van der Waals surface area contributed by atoms with Gasteiger partial charge in [0.1, 0.15) is 0 Å². The molecule has 0 aromatic heterocycles. The van der Waals surface area contributed by atoms with Gasteiger partial charge in [0.25, 0.3) is 0 Å². The smallest absolute Gasteiger partial charge is 0.316 e. The van der Waals surface area contributed by atoms with Crippen LogP contribution in [0, 0.1) is 0 Å². The van der Waals surface area contributed by atoms with E-state index < -0.39 is 5.37 Å². The highest BCUT2D eigenvalue weighted by Gasteiger charge is 2.13. The van der Waals surface area contributed by atoms with Crippen molar-refractivity contribution < 1.29 is 4.79 Å². The highest BCUT2D eigenvalue weighted by atomic mass is 35.5. The summed E-state index contributed by atoms with van der Waals surface area (Å²) in [4.78, 5) is 12.3. The molecule has 0 saturated heterocycles. The van der Waals surface area contributed by atoms with E-state index >= 15 is 0 Å². The Morgan fingerprint density at radius 2 is 1.75 bits per heavy atom. The largest absolute Gasteiger partial charge is 0.328 e. The number of benzene rings is 1.